The zero-order valence-corrected chi connectivity index (χ0v) is 12.5. The lowest BCUT2D eigenvalue weighted by Crippen LogP contribution is -2.37. The first kappa shape index (κ1) is 15.0. The second-order valence-electron chi connectivity index (χ2n) is 5.01. The summed E-state index contributed by atoms with van der Waals surface area (Å²) in [7, 11) is 1.48. The van der Waals surface area contributed by atoms with Crippen LogP contribution in [0.3, 0.4) is 0 Å². The molecule has 1 saturated heterocycles. The largest absolute Gasteiger partial charge is 0.469 e. The van der Waals surface area contributed by atoms with Crippen molar-refractivity contribution in [2.75, 3.05) is 32.1 Å². The van der Waals surface area contributed by atoms with Crippen LogP contribution in [0.5, 0.6) is 0 Å². The molecule has 4 heteroatoms. The maximum Gasteiger partial charge on any atom is 0.308 e. The Balaban J connectivity index is 2.17. The van der Waals surface area contributed by atoms with Gasteiger partial charge in [0.15, 0.2) is 0 Å². The first-order chi connectivity index (χ1) is 8.17. The topological polar surface area (TPSA) is 29.5 Å². The summed E-state index contributed by atoms with van der Waals surface area (Å²) in [4.78, 5) is 13.9. The van der Waals surface area contributed by atoms with Crippen molar-refractivity contribution in [2.24, 2.45) is 11.8 Å². The lowest BCUT2D eigenvalue weighted by molar-refractivity contribution is -0.147. The molecule has 1 heterocycles. The van der Waals surface area contributed by atoms with Gasteiger partial charge in [0.1, 0.15) is 0 Å². The van der Waals surface area contributed by atoms with Gasteiger partial charge in [0.25, 0.3) is 0 Å². The van der Waals surface area contributed by atoms with E-state index in [2.05, 4.69) is 27.8 Å². The maximum absolute atomic E-state index is 11.4. The Morgan fingerprint density at radius 3 is 2.59 bits per heavy atom. The first-order valence-corrected chi connectivity index (χ1v) is 7.65. The summed E-state index contributed by atoms with van der Waals surface area (Å²) < 4.78 is 4.79. The van der Waals surface area contributed by atoms with Crippen LogP contribution in [0.2, 0.25) is 0 Å². The van der Waals surface area contributed by atoms with Crippen molar-refractivity contribution in [1.29, 1.82) is 0 Å². The van der Waals surface area contributed by atoms with Crippen molar-refractivity contribution in [2.45, 2.75) is 32.6 Å². The molecule has 0 bridgehead atoms. The molecule has 0 aromatic heterocycles. The number of carbonyl (C=O) groups excluding carboxylic acids is 1. The van der Waals surface area contributed by atoms with E-state index < -0.39 is 0 Å². The summed E-state index contributed by atoms with van der Waals surface area (Å²) in [6, 6.07) is 0. The second-order valence-corrected chi connectivity index (χ2v) is 5.80. The predicted octanol–water partition coefficient (Wildman–Crippen LogP) is 2.68. The van der Waals surface area contributed by atoms with Crippen molar-refractivity contribution >= 4 is 21.9 Å². The summed E-state index contributed by atoms with van der Waals surface area (Å²) in [6.07, 6.45) is 4.42. The molecule has 1 rings (SSSR count). The van der Waals surface area contributed by atoms with E-state index >= 15 is 0 Å². The minimum absolute atomic E-state index is 0.0303. The van der Waals surface area contributed by atoms with Crippen LogP contribution in [0.15, 0.2) is 0 Å². The highest BCUT2D eigenvalue weighted by Crippen LogP contribution is 2.19. The first-order valence-electron chi connectivity index (χ1n) is 6.53. The van der Waals surface area contributed by atoms with E-state index in [1.807, 2.05) is 0 Å². The van der Waals surface area contributed by atoms with E-state index in [-0.39, 0.29) is 11.9 Å². The molecule has 0 saturated carbocycles. The van der Waals surface area contributed by atoms with E-state index in [4.69, 9.17) is 4.74 Å². The molecule has 0 aromatic rings. The van der Waals surface area contributed by atoms with E-state index in [0.717, 1.165) is 37.2 Å². The monoisotopic (exact) mass is 305 g/mol. The standard InChI is InChI=1S/C13H24BrNO2/c1-11(3-7-14)4-8-15-9-5-12(6-10-15)13(16)17-2/h11-12H,3-10H2,1-2H3. The van der Waals surface area contributed by atoms with Crippen molar-refractivity contribution in [3.63, 3.8) is 0 Å². The third-order valence-corrected chi connectivity index (χ3v) is 4.12. The van der Waals surface area contributed by atoms with Crippen LogP contribution in [0, 0.1) is 11.8 Å². The van der Waals surface area contributed by atoms with Crippen LogP contribution >= 0.6 is 15.9 Å². The Hall–Kier alpha value is -0.0900. The molecular weight excluding hydrogens is 282 g/mol. The molecule has 0 aromatic carbocycles. The molecule has 3 nitrogen and oxygen atoms in total. The Labute approximate surface area is 113 Å². The van der Waals surface area contributed by atoms with Crippen LogP contribution in [0.25, 0.3) is 0 Å². The molecule has 1 aliphatic rings. The summed E-state index contributed by atoms with van der Waals surface area (Å²) >= 11 is 3.48. The third-order valence-electron chi connectivity index (χ3n) is 3.66. The minimum Gasteiger partial charge on any atom is -0.469 e. The Morgan fingerprint density at radius 2 is 2.06 bits per heavy atom. The lowest BCUT2D eigenvalue weighted by Gasteiger charge is -2.31. The molecule has 0 spiro atoms. The van der Waals surface area contributed by atoms with Gasteiger partial charge in [-0.2, -0.15) is 0 Å². The Kier molecular flexibility index (Phi) is 7.12. The van der Waals surface area contributed by atoms with Crippen LogP contribution in [-0.4, -0.2) is 42.9 Å². The van der Waals surface area contributed by atoms with E-state index in [1.54, 1.807) is 0 Å². The van der Waals surface area contributed by atoms with Gasteiger partial charge in [0.05, 0.1) is 13.0 Å². The number of likely N-dealkylation sites (tertiary alicyclic amines) is 1. The molecule has 1 unspecified atom stereocenters. The van der Waals surface area contributed by atoms with E-state index in [1.165, 1.54) is 26.5 Å². The molecule has 0 radical (unpaired) electrons. The number of methoxy groups -OCH3 is 1. The van der Waals surface area contributed by atoms with Gasteiger partial charge in [0.2, 0.25) is 0 Å². The second kappa shape index (κ2) is 8.09. The SMILES string of the molecule is COC(=O)C1CCN(CCC(C)CCBr)CC1. The number of alkyl halides is 1. The number of esters is 1. The third kappa shape index (κ3) is 5.38. The summed E-state index contributed by atoms with van der Waals surface area (Å²) in [6.45, 7) is 5.56. The highest BCUT2D eigenvalue weighted by atomic mass is 79.9. The number of hydrogen-bond acceptors (Lipinski definition) is 3. The van der Waals surface area contributed by atoms with Crippen molar-refractivity contribution in [3.05, 3.63) is 0 Å². The van der Waals surface area contributed by atoms with Crippen LogP contribution < -0.4 is 0 Å². The molecule has 0 aliphatic carbocycles. The van der Waals surface area contributed by atoms with Gasteiger partial charge in [0, 0.05) is 5.33 Å². The number of nitrogens with zero attached hydrogens (tertiary/aromatic N) is 1. The van der Waals surface area contributed by atoms with Crippen molar-refractivity contribution in [3.8, 4) is 0 Å². The molecule has 1 atom stereocenters. The number of halogens is 1. The smallest absolute Gasteiger partial charge is 0.308 e. The van der Waals surface area contributed by atoms with Gasteiger partial charge >= 0.3 is 5.97 Å². The molecule has 17 heavy (non-hydrogen) atoms. The lowest BCUT2D eigenvalue weighted by atomic mass is 9.96. The molecule has 0 amide bonds. The zero-order chi connectivity index (χ0) is 12.7. The zero-order valence-electron chi connectivity index (χ0n) is 11.0. The summed E-state index contributed by atoms with van der Waals surface area (Å²) in [5.74, 6) is 0.890. The molecule has 100 valence electrons. The number of rotatable bonds is 6. The summed E-state index contributed by atoms with van der Waals surface area (Å²) in [5.41, 5.74) is 0. The van der Waals surface area contributed by atoms with E-state index in [0.29, 0.717) is 0 Å². The fourth-order valence-electron chi connectivity index (χ4n) is 2.29. The van der Waals surface area contributed by atoms with Gasteiger partial charge in [-0.05, 0) is 51.2 Å². The van der Waals surface area contributed by atoms with Crippen LogP contribution in [0.4, 0.5) is 0 Å². The minimum atomic E-state index is -0.0303. The van der Waals surface area contributed by atoms with Gasteiger partial charge in [-0.3, -0.25) is 4.79 Å². The average molecular weight is 306 g/mol. The fourth-order valence-corrected chi connectivity index (χ4v) is 3.07. The molecule has 1 fully saturated rings. The highest BCUT2D eigenvalue weighted by Gasteiger charge is 2.25. The normalized spacial score (nSPS) is 20.2. The van der Waals surface area contributed by atoms with Gasteiger partial charge in [-0.1, -0.05) is 22.9 Å². The molecular formula is C13H24BrNO2. The Morgan fingerprint density at radius 1 is 1.41 bits per heavy atom. The number of ether oxygens (including phenoxy) is 1. The number of hydrogen-bond donors (Lipinski definition) is 0. The van der Waals surface area contributed by atoms with Crippen LogP contribution in [0.1, 0.15) is 32.6 Å². The number of piperidine rings is 1. The van der Waals surface area contributed by atoms with Gasteiger partial charge in [-0.15, -0.1) is 0 Å². The van der Waals surface area contributed by atoms with Gasteiger partial charge in [-0.25, -0.2) is 0 Å². The highest BCUT2D eigenvalue weighted by molar-refractivity contribution is 9.09. The van der Waals surface area contributed by atoms with Gasteiger partial charge < -0.3 is 9.64 Å². The summed E-state index contributed by atoms with van der Waals surface area (Å²) in [5, 5.41) is 1.10. The average Bonchev–Trinajstić information content (AvgIpc) is 2.36. The predicted molar refractivity (Wildman–Crippen MR) is 73.4 cm³/mol. The number of carbonyl (C=O) groups is 1. The van der Waals surface area contributed by atoms with E-state index in [9.17, 15) is 4.79 Å². The fraction of sp³-hybridized carbons (Fsp3) is 0.923. The van der Waals surface area contributed by atoms with Crippen LogP contribution in [-0.2, 0) is 9.53 Å². The molecule has 0 N–H and O–H groups in total. The molecule has 1 aliphatic heterocycles. The Bertz CT molecular complexity index is 227. The quantitative estimate of drug-likeness (QED) is 0.558. The van der Waals surface area contributed by atoms with Crippen molar-refractivity contribution in [1.82, 2.24) is 4.90 Å². The van der Waals surface area contributed by atoms with Crippen molar-refractivity contribution < 1.29 is 9.53 Å². The maximum atomic E-state index is 11.4.